The number of hydrogen-bond donors (Lipinski definition) is 0. The van der Waals surface area contributed by atoms with Gasteiger partial charge in [0.1, 0.15) is 5.82 Å². The number of nitrogens with zero attached hydrogens (tertiary/aromatic N) is 1. The second-order valence-electron chi connectivity index (χ2n) is 6.04. The second-order valence-corrected chi connectivity index (χ2v) is 6.04. The molecule has 0 atom stereocenters. The van der Waals surface area contributed by atoms with Crippen molar-refractivity contribution in [2.24, 2.45) is 0 Å². The smallest absolute Gasteiger partial charge is 0.307 e. The van der Waals surface area contributed by atoms with E-state index in [1.807, 2.05) is 25.1 Å². The maximum absolute atomic E-state index is 13.0. The molecular formula is C21H24FNO3. The fourth-order valence-corrected chi connectivity index (χ4v) is 2.67. The normalized spacial score (nSPS) is 10.4. The highest BCUT2D eigenvalue weighted by atomic mass is 19.1. The van der Waals surface area contributed by atoms with E-state index in [0.717, 1.165) is 11.1 Å². The van der Waals surface area contributed by atoms with Crippen LogP contribution in [0.4, 0.5) is 4.39 Å². The highest BCUT2D eigenvalue weighted by Gasteiger charge is 2.18. The molecule has 2 aromatic carbocycles. The minimum Gasteiger partial charge on any atom is -0.466 e. The Bertz CT molecular complexity index is 743. The number of hydrogen-bond acceptors (Lipinski definition) is 3. The zero-order valence-electron chi connectivity index (χ0n) is 15.2. The van der Waals surface area contributed by atoms with Crippen molar-refractivity contribution >= 4 is 11.9 Å². The number of carbonyl (C=O) groups is 2. The standard InChI is InChI=1S/C21H24FNO3/c1-3-26-20(24)13-15-23(14-12-17-8-10-18(22)11-9-17)21(25)19-7-5-4-6-16(19)2/h4-11H,3,12-15H2,1-2H3. The number of ether oxygens (including phenoxy) is 1. The maximum Gasteiger partial charge on any atom is 0.307 e. The van der Waals surface area contributed by atoms with Crippen molar-refractivity contribution < 1.29 is 18.7 Å². The van der Waals surface area contributed by atoms with Crippen molar-refractivity contribution in [2.75, 3.05) is 19.7 Å². The molecule has 0 bridgehead atoms. The lowest BCUT2D eigenvalue weighted by Crippen LogP contribution is -2.35. The molecule has 0 fully saturated rings. The Kier molecular flexibility index (Phi) is 7.33. The number of aryl methyl sites for hydroxylation is 1. The van der Waals surface area contributed by atoms with Gasteiger partial charge >= 0.3 is 5.97 Å². The van der Waals surface area contributed by atoms with Crippen LogP contribution in [0.3, 0.4) is 0 Å². The summed E-state index contributed by atoms with van der Waals surface area (Å²) in [5, 5.41) is 0. The number of amides is 1. The zero-order valence-corrected chi connectivity index (χ0v) is 15.2. The van der Waals surface area contributed by atoms with E-state index < -0.39 is 0 Å². The number of halogens is 1. The van der Waals surface area contributed by atoms with Crippen molar-refractivity contribution in [1.29, 1.82) is 0 Å². The minimum atomic E-state index is -0.322. The average Bonchev–Trinajstić information content (AvgIpc) is 2.63. The first-order valence-electron chi connectivity index (χ1n) is 8.76. The molecule has 0 aliphatic rings. The van der Waals surface area contributed by atoms with Crippen molar-refractivity contribution in [3.63, 3.8) is 0 Å². The van der Waals surface area contributed by atoms with Gasteiger partial charge in [-0.25, -0.2) is 4.39 Å². The third-order valence-electron chi connectivity index (χ3n) is 4.14. The summed E-state index contributed by atoms with van der Waals surface area (Å²) < 4.78 is 18.0. The first kappa shape index (κ1) is 19.6. The maximum atomic E-state index is 13.0. The summed E-state index contributed by atoms with van der Waals surface area (Å²) in [6.07, 6.45) is 0.732. The van der Waals surface area contributed by atoms with Gasteiger partial charge < -0.3 is 9.64 Å². The molecule has 0 saturated heterocycles. The molecule has 2 aromatic rings. The van der Waals surface area contributed by atoms with E-state index in [-0.39, 0.29) is 30.7 Å². The third kappa shape index (κ3) is 5.69. The van der Waals surface area contributed by atoms with Crippen LogP contribution >= 0.6 is 0 Å². The molecule has 0 aliphatic heterocycles. The number of esters is 1. The first-order chi connectivity index (χ1) is 12.5. The lowest BCUT2D eigenvalue weighted by atomic mass is 10.1. The van der Waals surface area contributed by atoms with Crippen molar-refractivity contribution in [2.45, 2.75) is 26.7 Å². The molecule has 2 rings (SSSR count). The van der Waals surface area contributed by atoms with Gasteiger partial charge in [0.2, 0.25) is 0 Å². The van der Waals surface area contributed by atoms with Gasteiger partial charge in [-0.2, -0.15) is 0 Å². The van der Waals surface area contributed by atoms with Crippen LogP contribution in [0.1, 0.15) is 34.8 Å². The van der Waals surface area contributed by atoms with E-state index in [2.05, 4.69) is 0 Å². The molecule has 0 spiro atoms. The van der Waals surface area contributed by atoms with Crippen LogP contribution in [-0.2, 0) is 16.0 Å². The van der Waals surface area contributed by atoms with E-state index in [0.29, 0.717) is 25.1 Å². The summed E-state index contributed by atoms with van der Waals surface area (Å²) in [6, 6.07) is 13.6. The first-order valence-corrected chi connectivity index (χ1v) is 8.76. The fourth-order valence-electron chi connectivity index (χ4n) is 2.67. The quantitative estimate of drug-likeness (QED) is 0.676. The Balaban J connectivity index is 2.09. The van der Waals surface area contributed by atoms with Gasteiger partial charge in [0.05, 0.1) is 13.0 Å². The molecule has 1 amide bonds. The van der Waals surface area contributed by atoms with Crippen LogP contribution in [0.25, 0.3) is 0 Å². The van der Waals surface area contributed by atoms with E-state index in [4.69, 9.17) is 4.74 Å². The summed E-state index contributed by atoms with van der Waals surface area (Å²) in [5.41, 5.74) is 2.45. The topological polar surface area (TPSA) is 46.6 Å². The van der Waals surface area contributed by atoms with Crippen LogP contribution in [0.5, 0.6) is 0 Å². The van der Waals surface area contributed by atoms with Gasteiger partial charge in [-0.15, -0.1) is 0 Å². The molecule has 0 radical (unpaired) electrons. The summed E-state index contributed by atoms with van der Waals surface area (Å²) in [4.78, 5) is 26.3. The van der Waals surface area contributed by atoms with Crippen LogP contribution in [-0.4, -0.2) is 36.5 Å². The Morgan fingerprint density at radius 1 is 1.04 bits per heavy atom. The minimum absolute atomic E-state index is 0.116. The molecule has 5 heteroatoms. The molecule has 138 valence electrons. The highest BCUT2D eigenvalue weighted by Crippen LogP contribution is 2.13. The molecule has 26 heavy (non-hydrogen) atoms. The van der Waals surface area contributed by atoms with Gasteiger partial charge in [0.25, 0.3) is 5.91 Å². The molecule has 0 N–H and O–H groups in total. The predicted molar refractivity (Wildman–Crippen MR) is 98.4 cm³/mol. The average molecular weight is 357 g/mol. The lowest BCUT2D eigenvalue weighted by molar-refractivity contribution is -0.143. The van der Waals surface area contributed by atoms with E-state index in [1.54, 1.807) is 30.0 Å². The van der Waals surface area contributed by atoms with Crippen LogP contribution in [0.2, 0.25) is 0 Å². The Morgan fingerprint density at radius 3 is 2.38 bits per heavy atom. The molecule has 0 aromatic heterocycles. The Morgan fingerprint density at radius 2 is 1.73 bits per heavy atom. The molecule has 0 heterocycles. The molecule has 0 unspecified atom stereocenters. The summed E-state index contributed by atoms with van der Waals surface area (Å²) in [6.45, 7) is 4.69. The number of carbonyl (C=O) groups excluding carboxylic acids is 2. The largest absolute Gasteiger partial charge is 0.466 e. The zero-order chi connectivity index (χ0) is 18.9. The fraction of sp³-hybridized carbons (Fsp3) is 0.333. The van der Waals surface area contributed by atoms with Gasteiger partial charge in [-0.05, 0) is 49.6 Å². The van der Waals surface area contributed by atoms with E-state index >= 15 is 0 Å². The van der Waals surface area contributed by atoms with Crippen LogP contribution in [0, 0.1) is 12.7 Å². The van der Waals surface area contributed by atoms with Gasteiger partial charge in [-0.3, -0.25) is 9.59 Å². The summed E-state index contributed by atoms with van der Waals surface area (Å²) in [7, 11) is 0. The predicted octanol–water partition coefficient (Wildman–Crippen LogP) is 3.77. The molecular weight excluding hydrogens is 333 g/mol. The summed E-state index contributed by atoms with van der Waals surface area (Å²) >= 11 is 0. The van der Waals surface area contributed by atoms with Crippen molar-refractivity contribution in [3.05, 3.63) is 71.0 Å². The third-order valence-corrected chi connectivity index (χ3v) is 4.14. The van der Waals surface area contributed by atoms with E-state index in [9.17, 15) is 14.0 Å². The Hall–Kier alpha value is -2.69. The highest BCUT2D eigenvalue weighted by molar-refractivity contribution is 5.95. The lowest BCUT2D eigenvalue weighted by Gasteiger charge is -2.23. The molecule has 4 nitrogen and oxygen atoms in total. The number of benzene rings is 2. The SMILES string of the molecule is CCOC(=O)CCN(CCc1ccc(F)cc1)C(=O)c1ccccc1C. The second kappa shape index (κ2) is 9.70. The monoisotopic (exact) mass is 357 g/mol. The van der Waals surface area contributed by atoms with Crippen molar-refractivity contribution in [3.8, 4) is 0 Å². The van der Waals surface area contributed by atoms with Gasteiger partial charge in [0.15, 0.2) is 0 Å². The van der Waals surface area contributed by atoms with Gasteiger partial charge in [0, 0.05) is 18.7 Å². The van der Waals surface area contributed by atoms with Crippen molar-refractivity contribution in [1.82, 2.24) is 4.90 Å². The number of rotatable bonds is 8. The van der Waals surface area contributed by atoms with Crippen LogP contribution < -0.4 is 0 Å². The molecule has 0 saturated carbocycles. The van der Waals surface area contributed by atoms with Gasteiger partial charge in [-0.1, -0.05) is 30.3 Å². The van der Waals surface area contributed by atoms with E-state index in [1.165, 1.54) is 12.1 Å². The summed E-state index contributed by atoms with van der Waals surface area (Å²) in [5.74, 6) is -0.727. The Labute approximate surface area is 153 Å². The molecule has 0 aliphatic carbocycles. The van der Waals surface area contributed by atoms with Crippen LogP contribution in [0.15, 0.2) is 48.5 Å².